The first-order valence-electron chi connectivity index (χ1n) is 41.8. The second kappa shape index (κ2) is 40.3. The maximum atomic E-state index is 12.4. The molecule has 138 heavy (non-hydrogen) atoms. The van der Waals surface area contributed by atoms with Gasteiger partial charge in [-0.3, -0.25) is 25.7 Å². The Kier molecular flexibility index (Phi) is 28.1. The van der Waals surface area contributed by atoms with Crippen LogP contribution in [0.2, 0.25) is 0 Å². The van der Waals surface area contributed by atoms with E-state index in [0.717, 1.165) is 110 Å². The molecule has 0 radical (unpaired) electrons. The minimum Gasteiger partial charge on any atom is -0.486 e. The summed E-state index contributed by atoms with van der Waals surface area (Å²) in [5.74, 6) is 3.68. The maximum Gasteiger partial charge on any atom is 0.536 e. The zero-order valence-electron chi connectivity index (χ0n) is 73.5. The van der Waals surface area contributed by atoms with Gasteiger partial charge in [0.1, 0.15) is 115 Å². The normalized spacial score (nSPS) is 16.7. The Morgan fingerprint density at radius 3 is 1.06 bits per heavy atom. The molecule has 2 atom stereocenters. The van der Waals surface area contributed by atoms with Crippen molar-refractivity contribution in [3.05, 3.63) is 359 Å². The molecule has 0 aromatic heterocycles. The average Bonchev–Trinajstić information content (AvgIpc) is 1.62. The lowest BCUT2D eigenvalue weighted by Gasteiger charge is -2.07. The summed E-state index contributed by atoms with van der Waals surface area (Å²) >= 11 is 1.36. The molecule has 0 saturated carbocycles. The van der Waals surface area contributed by atoms with Crippen LogP contribution in [-0.4, -0.2) is 134 Å². The number of aryl methyl sites for hydroxylation is 3. The number of thioether (sulfide) groups is 1. The van der Waals surface area contributed by atoms with E-state index >= 15 is 0 Å². The minimum absolute atomic E-state index is 0.0593. The van der Waals surface area contributed by atoms with Gasteiger partial charge >= 0.3 is 66.2 Å². The van der Waals surface area contributed by atoms with Crippen molar-refractivity contribution >= 4 is 161 Å². The van der Waals surface area contributed by atoms with Gasteiger partial charge < -0.3 is 23.7 Å². The first-order valence-corrected chi connectivity index (χ1v) is 51.7. The number of para-hydroxylation sites is 1. The second-order valence-corrected chi connectivity index (χ2v) is 41.4. The quantitative estimate of drug-likeness (QED) is 0.0640. The molecule has 6 aliphatic rings. The molecule has 15 aromatic rings. The fourth-order valence-corrected chi connectivity index (χ4v) is 19.3. The van der Waals surface area contributed by atoms with Crippen LogP contribution in [-0.2, 0) is 86.4 Å². The van der Waals surface area contributed by atoms with Gasteiger partial charge in [-0.2, -0.15) is 63.7 Å². The Labute approximate surface area is 795 Å². The molecule has 6 aliphatic heterocycles. The fraction of sp³-hybridized carbons (Fsp3) is 0.131. The summed E-state index contributed by atoms with van der Waals surface area (Å²) in [6.45, 7) is 9.85. The monoisotopic (exact) mass is 2000 g/mol. The molecular formula is C99H79F3N6O23S7. The van der Waals surface area contributed by atoms with Crippen molar-refractivity contribution in [2.45, 2.75) is 76.8 Å². The molecule has 0 amide bonds. The van der Waals surface area contributed by atoms with E-state index in [2.05, 4.69) is 39.5 Å². The van der Waals surface area contributed by atoms with E-state index in [1.165, 1.54) is 60.3 Å². The smallest absolute Gasteiger partial charge is 0.486 e. The molecule has 0 N–H and O–H groups in total. The molecule has 15 aromatic carbocycles. The van der Waals surface area contributed by atoms with Crippen molar-refractivity contribution in [3.8, 4) is 28.7 Å². The minimum atomic E-state index is -5.74. The van der Waals surface area contributed by atoms with Crippen LogP contribution in [0.25, 0.3) is 53.9 Å². The van der Waals surface area contributed by atoms with Crippen molar-refractivity contribution in [2.24, 2.45) is 30.9 Å². The Hall–Kier alpha value is -14.7. The molecule has 2 unspecified atom stereocenters. The Bertz CT molecular complexity index is 8210. The number of nitrogens with zero attached hydrogens (tertiary/aromatic N) is 6. The number of ether oxygens (including phenoxy) is 5. The van der Waals surface area contributed by atoms with Crippen molar-refractivity contribution < 1.29 is 113 Å². The Morgan fingerprint density at radius 2 is 0.638 bits per heavy atom. The third kappa shape index (κ3) is 21.9. The van der Waals surface area contributed by atoms with Crippen LogP contribution in [0, 0.1) is 20.8 Å². The largest absolute Gasteiger partial charge is 0.536 e. The summed E-state index contributed by atoms with van der Waals surface area (Å²) in [6, 6.07) is 92.0. The first kappa shape index (κ1) is 96.4. The number of benzene rings is 15. The lowest BCUT2D eigenvalue weighted by Crippen LogP contribution is -2.24. The summed E-state index contributed by atoms with van der Waals surface area (Å²) in [7, 11) is -25.2. The zero-order valence-corrected chi connectivity index (χ0v) is 79.2. The van der Waals surface area contributed by atoms with Gasteiger partial charge in [-0.05, 0) is 169 Å². The van der Waals surface area contributed by atoms with Gasteiger partial charge in [-0.25, -0.2) is 0 Å². The van der Waals surface area contributed by atoms with Crippen LogP contribution >= 0.6 is 11.8 Å². The first-order chi connectivity index (χ1) is 66.0. The number of rotatable bonds is 16. The number of fused-ring (bicyclic) bond motifs is 16. The summed E-state index contributed by atoms with van der Waals surface area (Å²) < 4.78 is 235. The van der Waals surface area contributed by atoms with Crippen molar-refractivity contribution in [2.75, 3.05) is 31.8 Å². The van der Waals surface area contributed by atoms with Gasteiger partial charge in [0, 0.05) is 43.7 Å². The molecule has 706 valence electrons. The lowest BCUT2D eigenvalue weighted by molar-refractivity contribution is -0.0541. The molecule has 0 saturated heterocycles. The van der Waals surface area contributed by atoms with E-state index < -0.39 is 78.4 Å². The SMILES string of the molecule is CC1Oc2ccc3ccccc3c2/C1=N/OS(=O)(=O)c1ccccc1.CS(=O)(=O)O/N=C1\COc2c1ccc1ccccc21.Cc1ccc(S(=O)(=O)O/N=C2/c3c(ccc4ccccc34)OC2C)cc1.Cc1ccc(S(=O)(=O)O/N=C2\COc3c2ccc2ccccc32)cc1.Cc1ccc(S(=O)(=O)O/N=C2\COc3ccccc32)cc1.O=S(=O)(O/N=C1\CSc2ccc3ccccc3c21)C(F)(F)F. The highest BCUT2D eigenvalue weighted by Gasteiger charge is 2.49. The highest BCUT2D eigenvalue weighted by Crippen LogP contribution is 2.42. The molecular weight excluding hydrogens is 1920 g/mol. The van der Waals surface area contributed by atoms with Crippen LogP contribution < -0.4 is 23.7 Å². The van der Waals surface area contributed by atoms with Gasteiger partial charge in [0.25, 0.3) is 0 Å². The molecule has 6 heterocycles. The topological polar surface area (TPSA) is 381 Å². The second-order valence-electron chi connectivity index (χ2n) is 31.2. The summed E-state index contributed by atoms with van der Waals surface area (Å²) in [5, 5.41) is 32.1. The predicted molar refractivity (Wildman–Crippen MR) is 518 cm³/mol. The van der Waals surface area contributed by atoms with Crippen LogP contribution in [0.4, 0.5) is 13.2 Å². The third-order valence-electron chi connectivity index (χ3n) is 21.6. The van der Waals surface area contributed by atoms with Gasteiger partial charge in [-0.15, -0.1) is 11.8 Å². The zero-order chi connectivity index (χ0) is 97.5. The van der Waals surface area contributed by atoms with E-state index in [4.69, 9.17) is 40.8 Å². The van der Waals surface area contributed by atoms with Crippen LogP contribution in [0.3, 0.4) is 0 Å². The van der Waals surface area contributed by atoms with Crippen molar-refractivity contribution in [3.63, 3.8) is 0 Å². The summed E-state index contributed by atoms with van der Waals surface area (Å²) in [6.07, 6.45) is 0.157. The molecule has 29 nitrogen and oxygen atoms in total. The van der Waals surface area contributed by atoms with Gasteiger partial charge in [0.15, 0.2) is 0 Å². The number of hydrogen-bond donors (Lipinski definition) is 0. The predicted octanol–water partition coefficient (Wildman–Crippen LogP) is 19.3. The third-order valence-corrected chi connectivity index (χ3v) is 28.3. The van der Waals surface area contributed by atoms with E-state index in [1.54, 1.807) is 72.8 Å². The molecule has 0 bridgehead atoms. The molecule has 21 rings (SSSR count). The number of hydrogen-bond acceptors (Lipinski definition) is 30. The van der Waals surface area contributed by atoms with E-state index in [1.807, 2.05) is 223 Å². The van der Waals surface area contributed by atoms with Crippen molar-refractivity contribution in [1.29, 1.82) is 0 Å². The highest BCUT2D eigenvalue weighted by atomic mass is 32.2. The van der Waals surface area contributed by atoms with Crippen LogP contribution in [0.1, 0.15) is 63.9 Å². The van der Waals surface area contributed by atoms with Crippen LogP contribution in [0.5, 0.6) is 28.7 Å². The number of oxime groups is 6. The van der Waals surface area contributed by atoms with Crippen LogP contribution in [0.15, 0.2) is 365 Å². The van der Waals surface area contributed by atoms with E-state index in [0.29, 0.717) is 62.9 Å². The van der Waals surface area contributed by atoms with Gasteiger partial charge in [-0.1, -0.05) is 266 Å². The van der Waals surface area contributed by atoms with Crippen molar-refractivity contribution in [1.82, 2.24) is 0 Å². The van der Waals surface area contributed by atoms with E-state index in [9.17, 15) is 63.7 Å². The molecule has 0 aliphatic carbocycles. The molecule has 0 fully saturated rings. The summed E-state index contributed by atoms with van der Waals surface area (Å²) in [5.41, 5.74) is 4.32. The fourth-order valence-electron chi connectivity index (χ4n) is 14.8. The standard InChI is InChI=1S/C20H17NO4S.2C19H15NO4S.C15H13NO4S.C13H8F3NO3S2.C13H11NO4S/c1-13-7-10-16(11-8-13)26(22,23)25-21-20-14(2)24-18-12-9-15-5-3-4-6-17(15)19(18)20;1-13-19(20-24-25(21,22)15-8-3-2-4-9-15)18-16-10-6-5-7-14(16)11-12-17(18)23-13;1-13-6-9-15(10-7-13)25(21,22)24-20-18-12-23-19-16-5-3-2-4-14(16)8-11-17(18)19;1-11-6-8-12(9-7-11)21(17,18)20-16-14-10-19-15-5-3-2-4-13(14)15;14-13(15,16)22(18,19)20-17-10-7-21-11-6-5-8-3-1-2-4-9(8)12(10)11;1-19(15,16)18-14-12-8-17-13-10-5-3-2-4-9(10)6-7-11(12)13/h3-12,14H,1-2H3;2-13H,1H3;2-11H,12H2,1H3;2-9H,10H2,1H3;1-6H,7H2;2-7H,8H2,1H3/b21-20+;20-19+;20-18+;16-14+;17-10+;14-12+. The number of halogens is 3. The summed E-state index contributed by atoms with van der Waals surface area (Å²) in [4.78, 5) is 1.09. The average molecular weight is 2000 g/mol. The van der Waals surface area contributed by atoms with E-state index in [-0.39, 0.29) is 50.9 Å². The Morgan fingerprint density at radius 1 is 0.312 bits per heavy atom. The lowest BCUT2D eigenvalue weighted by atomic mass is 10.00. The molecule has 39 heteroatoms. The van der Waals surface area contributed by atoms with Gasteiger partial charge in [0.05, 0.1) is 17.4 Å². The maximum absolute atomic E-state index is 12.4. The van der Waals surface area contributed by atoms with Gasteiger partial charge in [0.2, 0.25) is 0 Å². The number of alkyl halides is 3. The molecule has 0 spiro atoms. The highest BCUT2D eigenvalue weighted by molar-refractivity contribution is 8.00. The Balaban J connectivity index is 0.000000120.